The largest absolute Gasteiger partial charge is 0.411 e. The predicted octanol–water partition coefficient (Wildman–Crippen LogP) is 6.35. The van der Waals surface area contributed by atoms with Crippen LogP contribution in [0.2, 0.25) is 0 Å². The molecule has 0 amide bonds. The van der Waals surface area contributed by atoms with Crippen molar-refractivity contribution >= 4 is 5.71 Å². The Labute approximate surface area is 142 Å². The molecule has 0 aliphatic carbocycles. The fraction of sp³-hybridized carbons (Fsp3) is 0.700. The first-order valence-corrected chi connectivity index (χ1v) is 9.50. The Bertz CT molecular complexity index is 403. The molecule has 0 atom stereocenters. The molecular formula is C20H34N2O. The monoisotopic (exact) mass is 318 g/mol. The summed E-state index contributed by atoms with van der Waals surface area (Å²) in [5.41, 5.74) is 1.50. The number of rotatable bonds is 14. The molecule has 0 unspecified atom stereocenters. The maximum absolute atomic E-state index is 9.10. The number of nitrogens with zero attached hydrogens (tertiary/aromatic N) is 2. The molecule has 0 aliphatic rings. The molecule has 0 saturated carbocycles. The molecule has 1 rings (SSSR count). The van der Waals surface area contributed by atoms with E-state index in [1.165, 1.54) is 70.6 Å². The van der Waals surface area contributed by atoms with E-state index in [9.17, 15) is 0 Å². The molecule has 0 radical (unpaired) electrons. The maximum atomic E-state index is 9.10. The zero-order valence-corrected chi connectivity index (χ0v) is 14.8. The highest BCUT2D eigenvalue weighted by Gasteiger charge is 2.04. The molecule has 0 bridgehead atoms. The average molecular weight is 319 g/mol. The Morgan fingerprint density at radius 1 is 0.870 bits per heavy atom. The fourth-order valence-electron chi connectivity index (χ4n) is 2.90. The minimum absolute atomic E-state index is 0.706. The highest BCUT2D eigenvalue weighted by Crippen LogP contribution is 2.13. The lowest BCUT2D eigenvalue weighted by Gasteiger charge is -2.04. The molecule has 1 N–H and O–H groups in total. The molecule has 1 aromatic rings. The van der Waals surface area contributed by atoms with Gasteiger partial charge in [-0.2, -0.15) is 0 Å². The number of hydrogen-bond acceptors (Lipinski definition) is 3. The highest BCUT2D eigenvalue weighted by molar-refractivity contribution is 5.98. The molecule has 1 heterocycles. The zero-order valence-electron chi connectivity index (χ0n) is 14.8. The van der Waals surface area contributed by atoms with Crippen LogP contribution in [0.25, 0.3) is 0 Å². The van der Waals surface area contributed by atoms with Crippen LogP contribution in [0.15, 0.2) is 29.6 Å². The van der Waals surface area contributed by atoms with Gasteiger partial charge in [-0.05, 0) is 25.0 Å². The normalized spacial score (nSPS) is 11.8. The Kier molecular flexibility index (Phi) is 12.2. The third kappa shape index (κ3) is 10.1. The van der Waals surface area contributed by atoms with Gasteiger partial charge in [0.05, 0.1) is 5.69 Å². The Morgan fingerprint density at radius 2 is 1.43 bits per heavy atom. The molecule has 3 heteroatoms. The van der Waals surface area contributed by atoms with Crippen molar-refractivity contribution in [2.45, 2.75) is 90.4 Å². The van der Waals surface area contributed by atoms with Crippen molar-refractivity contribution in [1.29, 1.82) is 0 Å². The lowest BCUT2D eigenvalue weighted by Crippen LogP contribution is -2.03. The summed E-state index contributed by atoms with van der Waals surface area (Å²) in [7, 11) is 0. The van der Waals surface area contributed by atoms with E-state index in [1.807, 2.05) is 18.2 Å². The van der Waals surface area contributed by atoms with Crippen LogP contribution >= 0.6 is 0 Å². The van der Waals surface area contributed by atoms with E-state index in [1.54, 1.807) is 6.20 Å². The van der Waals surface area contributed by atoms with Crippen molar-refractivity contribution in [3.8, 4) is 0 Å². The standard InChI is InChI=1S/C20H34N2O/c1-2-3-4-5-6-7-8-9-10-11-12-13-17-20(22-23)19-16-14-15-18-21-19/h14-16,18,23H,2-13,17H2,1H3. The lowest BCUT2D eigenvalue weighted by molar-refractivity contribution is 0.317. The zero-order chi connectivity index (χ0) is 16.6. The van der Waals surface area contributed by atoms with Gasteiger partial charge in [0, 0.05) is 6.20 Å². The molecule has 0 fully saturated rings. The van der Waals surface area contributed by atoms with E-state index in [0.29, 0.717) is 5.71 Å². The third-order valence-electron chi connectivity index (χ3n) is 4.35. The van der Waals surface area contributed by atoms with Gasteiger partial charge in [-0.15, -0.1) is 0 Å². The van der Waals surface area contributed by atoms with Gasteiger partial charge in [0.1, 0.15) is 5.71 Å². The predicted molar refractivity (Wildman–Crippen MR) is 98.3 cm³/mol. The third-order valence-corrected chi connectivity index (χ3v) is 4.35. The number of unbranched alkanes of at least 4 members (excludes halogenated alkanes) is 11. The molecule has 130 valence electrons. The smallest absolute Gasteiger partial charge is 0.105 e. The van der Waals surface area contributed by atoms with E-state index < -0.39 is 0 Å². The maximum Gasteiger partial charge on any atom is 0.105 e. The van der Waals surface area contributed by atoms with Crippen LogP contribution < -0.4 is 0 Å². The number of hydrogen-bond donors (Lipinski definition) is 1. The SMILES string of the molecule is CCCCCCCCCCCCCCC(=NO)c1ccccn1. The first kappa shape index (κ1) is 19.7. The van der Waals surface area contributed by atoms with Gasteiger partial charge in [0.25, 0.3) is 0 Å². The van der Waals surface area contributed by atoms with Crippen LogP contribution in [0.1, 0.15) is 96.1 Å². The summed E-state index contributed by atoms with van der Waals surface area (Å²) in [4.78, 5) is 4.23. The van der Waals surface area contributed by atoms with Crippen molar-refractivity contribution < 1.29 is 5.21 Å². The highest BCUT2D eigenvalue weighted by atomic mass is 16.4. The summed E-state index contributed by atoms with van der Waals surface area (Å²) in [6, 6.07) is 5.70. The van der Waals surface area contributed by atoms with Crippen LogP contribution in [-0.2, 0) is 0 Å². The van der Waals surface area contributed by atoms with Crippen molar-refractivity contribution in [1.82, 2.24) is 4.98 Å². The molecule has 0 aliphatic heterocycles. The van der Waals surface area contributed by atoms with E-state index in [-0.39, 0.29) is 0 Å². The topological polar surface area (TPSA) is 45.5 Å². The number of pyridine rings is 1. The van der Waals surface area contributed by atoms with Crippen molar-refractivity contribution in [2.75, 3.05) is 0 Å². The second-order valence-corrected chi connectivity index (χ2v) is 6.40. The van der Waals surface area contributed by atoms with Crippen LogP contribution in [0.3, 0.4) is 0 Å². The quantitative estimate of drug-likeness (QED) is 0.188. The minimum atomic E-state index is 0.706. The summed E-state index contributed by atoms with van der Waals surface area (Å²) in [5, 5.41) is 12.5. The number of oxime groups is 1. The van der Waals surface area contributed by atoms with Gasteiger partial charge >= 0.3 is 0 Å². The lowest BCUT2D eigenvalue weighted by atomic mass is 10.0. The van der Waals surface area contributed by atoms with Crippen LogP contribution in [-0.4, -0.2) is 15.9 Å². The summed E-state index contributed by atoms with van der Waals surface area (Å²) < 4.78 is 0. The van der Waals surface area contributed by atoms with E-state index in [2.05, 4.69) is 17.1 Å². The molecular weight excluding hydrogens is 284 g/mol. The van der Waals surface area contributed by atoms with E-state index in [0.717, 1.165) is 18.5 Å². The van der Waals surface area contributed by atoms with Gasteiger partial charge in [-0.1, -0.05) is 88.8 Å². The van der Waals surface area contributed by atoms with Gasteiger partial charge < -0.3 is 5.21 Å². The van der Waals surface area contributed by atoms with Crippen molar-refractivity contribution in [2.24, 2.45) is 5.16 Å². The van der Waals surface area contributed by atoms with E-state index in [4.69, 9.17) is 5.21 Å². The second-order valence-electron chi connectivity index (χ2n) is 6.40. The molecule has 0 aromatic carbocycles. The fourth-order valence-corrected chi connectivity index (χ4v) is 2.90. The van der Waals surface area contributed by atoms with Gasteiger partial charge in [-0.3, -0.25) is 4.98 Å². The molecule has 23 heavy (non-hydrogen) atoms. The number of aromatic nitrogens is 1. The van der Waals surface area contributed by atoms with Gasteiger partial charge in [0.15, 0.2) is 0 Å². The first-order valence-electron chi connectivity index (χ1n) is 9.50. The van der Waals surface area contributed by atoms with E-state index >= 15 is 0 Å². The van der Waals surface area contributed by atoms with Crippen LogP contribution in [0, 0.1) is 0 Å². The molecule has 0 saturated heterocycles. The van der Waals surface area contributed by atoms with Crippen LogP contribution in [0.4, 0.5) is 0 Å². The molecule has 3 nitrogen and oxygen atoms in total. The second kappa shape index (κ2) is 14.2. The summed E-state index contributed by atoms with van der Waals surface area (Å²) in [6.45, 7) is 2.27. The molecule has 0 spiro atoms. The van der Waals surface area contributed by atoms with Gasteiger partial charge in [0.2, 0.25) is 0 Å². The Balaban J connectivity index is 1.93. The van der Waals surface area contributed by atoms with Crippen molar-refractivity contribution in [3.05, 3.63) is 30.1 Å². The minimum Gasteiger partial charge on any atom is -0.411 e. The summed E-state index contributed by atoms with van der Waals surface area (Å²) >= 11 is 0. The first-order chi connectivity index (χ1) is 11.4. The van der Waals surface area contributed by atoms with Gasteiger partial charge in [-0.25, -0.2) is 0 Å². The van der Waals surface area contributed by atoms with Crippen LogP contribution in [0.5, 0.6) is 0 Å². The summed E-state index contributed by atoms with van der Waals surface area (Å²) in [5.74, 6) is 0. The Hall–Kier alpha value is -1.38. The summed E-state index contributed by atoms with van der Waals surface area (Å²) in [6.07, 6.45) is 18.6. The molecule has 1 aromatic heterocycles. The Morgan fingerprint density at radius 3 is 1.91 bits per heavy atom. The average Bonchev–Trinajstić information content (AvgIpc) is 2.60. The van der Waals surface area contributed by atoms with Crippen molar-refractivity contribution in [3.63, 3.8) is 0 Å².